The number of hydrogen-bond acceptors (Lipinski definition) is 3. The molecule has 0 bridgehead atoms. The van der Waals surface area contributed by atoms with Crippen LogP contribution in [0.1, 0.15) is 11.3 Å². The number of fused-ring (bicyclic) bond motifs is 1. The fourth-order valence-electron chi connectivity index (χ4n) is 1.80. The molecule has 0 N–H and O–H groups in total. The van der Waals surface area contributed by atoms with Gasteiger partial charge in [0, 0.05) is 11.1 Å². The maximum absolute atomic E-state index is 11.3. The first-order valence-electron chi connectivity index (χ1n) is 5.23. The molecule has 88 valence electrons. The quantitative estimate of drug-likeness (QED) is 0.769. The Bertz CT molecular complexity index is 581. The lowest BCUT2D eigenvalue weighted by molar-refractivity contribution is -0.139. The molecule has 4 heteroatoms. The van der Waals surface area contributed by atoms with E-state index in [4.69, 9.17) is 11.6 Å². The van der Waals surface area contributed by atoms with Gasteiger partial charge in [0.1, 0.15) is 0 Å². The van der Waals surface area contributed by atoms with Crippen molar-refractivity contribution in [1.29, 1.82) is 0 Å². The van der Waals surface area contributed by atoms with Gasteiger partial charge in [-0.15, -0.1) is 0 Å². The largest absolute Gasteiger partial charge is 0.469 e. The molecule has 0 unspecified atom stereocenters. The van der Waals surface area contributed by atoms with Gasteiger partial charge in [0.25, 0.3) is 0 Å². The molecule has 0 fully saturated rings. The molecule has 2 aromatic rings. The monoisotopic (exact) mass is 249 g/mol. The average Bonchev–Trinajstić information content (AvgIpc) is 2.30. The molecule has 0 saturated carbocycles. The summed E-state index contributed by atoms with van der Waals surface area (Å²) in [5.41, 5.74) is 2.46. The molecule has 0 atom stereocenters. The number of ether oxygens (including phenoxy) is 1. The molecule has 0 saturated heterocycles. The third-order valence-electron chi connectivity index (χ3n) is 2.57. The van der Waals surface area contributed by atoms with E-state index < -0.39 is 0 Å². The topological polar surface area (TPSA) is 39.2 Å². The molecule has 2 rings (SSSR count). The summed E-state index contributed by atoms with van der Waals surface area (Å²) in [5.74, 6) is -0.267. The van der Waals surface area contributed by atoms with Crippen molar-refractivity contribution in [2.75, 3.05) is 7.11 Å². The minimum atomic E-state index is -0.267. The lowest BCUT2D eigenvalue weighted by Gasteiger charge is -2.07. The number of aryl methyl sites for hydroxylation is 1. The summed E-state index contributed by atoms with van der Waals surface area (Å²) < 4.78 is 4.68. The molecule has 17 heavy (non-hydrogen) atoms. The molecule has 0 aliphatic rings. The molecule has 0 radical (unpaired) electrons. The van der Waals surface area contributed by atoms with Crippen LogP contribution >= 0.6 is 11.6 Å². The van der Waals surface area contributed by atoms with Gasteiger partial charge in [0.15, 0.2) is 0 Å². The number of hydrogen-bond donors (Lipinski definition) is 0. The molecule has 0 amide bonds. The zero-order valence-corrected chi connectivity index (χ0v) is 10.4. The Labute approximate surface area is 104 Å². The Morgan fingerprint density at radius 2 is 2.24 bits per heavy atom. The van der Waals surface area contributed by atoms with Gasteiger partial charge in [-0.05, 0) is 24.6 Å². The van der Waals surface area contributed by atoms with E-state index in [1.165, 1.54) is 7.11 Å². The normalized spacial score (nSPS) is 10.5. The lowest BCUT2D eigenvalue weighted by atomic mass is 10.1. The first-order valence-corrected chi connectivity index (χ1v) is 5.61. The van der Waals surface area contributed by atoms with Gasteiger partial charge in [-0.25, -0.2) is 0 Å². The van der Waals surface area contributed by atoms with Crippen LogP contribution in [0.5, 0.6) is 0 Å². The molecule has 3 nitrogen and oxygen atoms in total. The number of methoxy groups -OCH3 is 1. The van der Waals surface area contributed by atoms with Crippen LogP contribution < -0.4 is 0 Å². The standard InChI is InChI=1S/C13H12ClNO2/c1-8-6-9(7-12(16)17-2)10-4-3-5-11(14)13(10)15-8/h3-6H,7H2,1-2H3. The van der Waals surface area contributed by atoms with Gasteiger partial charge in [0.2, 0.25) is 0 Å². The van der Waals surface area contributed by atoms with Crippen molar-refractivity contribution in [2.24, 2.45) is 0 Å². The Hall–Kier alpha value is -1.61. The summed E-state index contributed by atoms with van der Waals surface area (Å²) in [6.07, 6.45) is 0.233. The van der Waals surface area contributed by atoms with Crippen molar-refractivity contribution in [3.05, 3.63) is 40.5 Å². The van der Waals surface area contributed by atoms with Crippen LogP contribution in [0.4, 0.5) is 0 Å². The second-order valence-electron chi connectivity index (χ2n) is 3.81. The number of carbonyl (C=O) groups is 1. The Morgan fingerprint density at radius 3 is 2.94 bits per heavy atom. The molecule has 0 aliphatic carbocycles. The molecule has 1 aromatic heterocycles. The third kappa shape index (κ3) is 2.39. The first kappa shape index (κ1) is 11.9. The maximum atomic E-state index is 11.3. The molecule has 1 aromatic carbocycles. The zero-order chi connectivity index (χ0) is 12.4. The Balaban J connectivity index is 2.62. The van der Waals surface area contributed by atoms with Crippen LogP contribution in [0, 0.1) is 6.92 Å². The third-order valence-corrected chi connectivity index (χ3v) is 2.87. The van der Waals surface area contributed by atoms with Gasteiger partial charge in [-0.1, -0.05) is 23.7 Å². The van der Waals surface area contributed by atoms with Crippen LogP contribution in [-0.2, 0) is 16.0 Å². The summed E-state index contributed by atoms with van der Waals surface area (Å²) in [5, 5.41) is 1.49. The highest BCUT2D eigenvalue weighted by Crippen LogP contribution is 2.25. The highest BCUT2D eigenvalue weighted by Gasteiger charge is 2.10. The van der Waals surface area contributed by atoms with Gasteiger partial charge >= 0.3 is 5.97 Å². The smallest absolute Gasteiger partial charge is 0.310 e. The minimum Gasteiger partial charge on any atom is -0.469 e. The van der Waals surface area contributed by atoms with Gasteiger partial charge < -0.3 is 4.74 Å². The Kier molecular flexibility index (Phi) is 3.29. The van der Waals surface area contributed by atoms with E-state index in [0.29, 0.717) is 5.02 Å². The number of esters is 1. The van der Waals surface area contributed by atoms with E-state index >= 15 is 0 Å². The Morgan fingerprint density at radius 1 is 1.47 bits per heavy atom. The number of pyridine rings is 1. The van der Waals surface area contributed by atoms with E-state index in [1.54, 1.807) is 6.07 Å². The second-order valence-corrected chi connectivity index (χ2v) is 4.22. The molecule has 1 heterocycles. The van der Waals surface area contributed by atoms with Crippen molar-refractivity contribution < 1.29 is 9.53 Å². The van der Waals surface area contributed by atoms with Gasteiger partial charge in [-0.3, -0.25) is 9.78 Å². The number of carbonyl (C=O) groups excluding carboxylic acids is 1. The van der Waals surface area contributed by atoms with Crippen LogP contribution in [0.2, 0.25) is 5.02 Å². The summed E-state index contributed by atoms with van der Waals surface area (Å²) in [7, 11) is 1.38. The predicted octanol–water partition coefficient (Wildman–Crippen LogP) is 2.91. The number of nitrogens with zero attached hydrogens (tertiary/aromatic N) is 1. The number of benzene rings is 1. The van der Waals surface area contributed by atoms with Crippen molar-refractivity contribution in [3.63, 3.8) is 0 Å². The van der Waals surface area contributed by atoms with Crippen molar-refractivity contribution in [1.82, 2.24) is 4.98 Å². The zero-order valence-electron chi connectivity index (χ0n) is 9.66. The molecule has 0 aliphatic heterocycles. The fourth-order valence-corrected chi connectivity index (χ4v) is 2.02. The SMILES string of the molecule is COC(=O)Cc1cc(C)nc2c(Cl)cccc12. The predicted molar refractivity (Wildman–Crippen MR) is 67.2 cm³/mol. The number of rotatable bonds is 2. The highest BCUT2D eigenvalue weighted by molar-refractivity contribution is 6.35. The molecule has 0 spiro atoms. The maximum Gasteiger partial charge on any atom is 0.310 e. The van der Waals surface area contributed by atoms with Crippen LogP contribution in [0.3, 0.4) is 0 Å². The van der Waals surface area contributed by atoms with E-state index in [0.717, 1.165) is 22.2 Å². The van der Waals surface area contributed by atoms with Crippen molar-refractivity contribution >= 4 is 28.5 Å². The van der Waals surface area contributed by atoms with Crippen molar-refractivity contribution in [2.45, 2.75) is 13.3 Å². The highest BCUT2D eigenvalue weighted by atomic mass is 35.5. The van der Waals surface area contributed by atoms with Crippen LogP contribution in [0.25, 0.3) is 10.9 Å². The van der Waals surface area contributed by atoms with Crippen LogP contribution in [-0.4, -0.2) is 18.1 Å². The summed E-state index contributed by atoms with van der Waals surface area (Å²) in [6.45, 7) is 1.88. The summed E-state index contributed by atoms with van der Waals surface area (Å²) in [4.78, 5) is 15.7. The number of aromatic nitrogens is 1. The fraction of sp³-hybridized carbons (Fsp3) is 0.231. The first-order chi connectivity index (χ1) is 8.11. The lowest BCUT2D eigenvalue weighted by Crippen LogP contribution is -2.05. The van der Waals surface area contributed by atoms with E-state index in [1.807, 2.05) is 25.1 Å². The average molecular weight is 250 g/mol. The number of halogens is 1. The van der Waals surface area contributed by atoms with E-state index in [2.05, 4.69) is 9.72 Å². The van der Waals surface area contributed by atoms with Gasteiger partial charge in [-0.2, -0.15) is 0 Å². The molecular formula is C13H12ClNO2. The van der Waals surface area contributed by atoms with E-state index in [-0.39, 0.29) is 12.4 Å². The van der Waals surface area contributed by atoms with E-state index in [9.17, 15) is 4.79 Å². The minimum absolute atomic E-state index is 0.233. The van der Waals surface area contributed by atoms with Crippen molar-refractivity contribution in [3.8, 4) is 0 Å². The van der Waals surface area contributed by atoms with Gasteiger partial charge in [0.05, 0.1) is 24.1 Å². The number of para-hydroxylation sites is 1. The summed E-state index contributed by atoms with van der Waals surface area (Å²) in [6, 6.07) is 7.43. The van der Waals surface area contributed by atoms with Crippen LogP contribution in [0.15, 0.2) is 24.3 Å². The summed E-state index contributed by atoms with van der Waals surface area (Å²) >= 11 is 6.09. The molecular weight excluding hydrogens is 238 g/mol. The second kappa shape index (κ2) is 4.72.